The van der Waals surface area contributed by atoms with E-state index in [9.17, 15) is 25.0 Å². The molecule has 2 rings (SSSR count). The van der Waals surface area contributed by atoms with Gasteiger partial charge in [0, 0.05) is 18.8 Å². The minimum Gasteiger partial charge on any atom is -0.494 e. The van der Waals surface area contributed by atoms with E-state index in [0.29, 0.717) is 12.1 Å². The number of methoxy groups -OCH3 is 1. The summed E-state index contributed by atoms with van der Waals surface area (Å²) in [5, 5.41) is 25.5. The number of benzene rings is 2. The zero-order valence-electron chi connectivity index (χ0n) is 16.9. The molecule has 0 unspecified atom stereocenters. The van der Waals surface area contributed by atoms with E-state index in [0.717, 1.165) is 5.56 Å². The Morgan fingerprint density at radius 2 is 1.94 bits per heavy atom. The van der Waals surface area contributed by atoms with E-state index in [4.69, 9.17) is 9.47 Å². The summed E-state index contributed by atoms with van der Waals surface area (Å²) >= 11 is 0. The van der Waals surface area contributed by atoms with Crippen molar-refractivity contribution in [2.45, 2.75) is 13.5 Å². The van der Waals surface area contributed by atoms with Gasteiger partial charge < -0.3 is 20.1 Å². The Hall–Kier alpha value is -4.39. The summed E-state index contributed by atoms with van der Waals surface area (Å²) in [5.41, 5.74) is 1.04. The minimum atomic E-state index is -0.709. The zero-order chi connectivity index (χ0) is 22.8. The van der Waals surface area contributed by atoms with Gasteiger partial charge in [0.15, 0.2) is 0 Å². The largest absolute Gasteiger partial charge is 0.494 e. The fourth-order valence-corrected chi connectivity index (χ4v) is 2.48. The Balaban J connectivity index is 2.02. The van der Waals surface area contributed by atoms with Crippen molar-refractivity contribution >= 4 is 23.3 Å². The molecule has 0 aliphatic carbocycles. The lowest BCUT2D eigenvalue weighted by molar-refractivity contribution is -0.384. The maximum absolute atomic E-state index is 12.4. The molecule has 10 heteroatoms. The topological polar surface area (TPSA) is 144 Å². The van der Waals surface area contributed by atoms with Crippen LogP contribution in [0.5, 0.6) is 5.75 Å². The van der Waals surface area contributed by atoms with Gasteiger partial charge in [-0.3, -0.25) is 14.9 Å². The highest BCUT2D eigenvalue weighted by molar-refractivity contribution is 6.07. The molecule has 0 saturated heterocycles. The normalized spacial score (nSPS) is 10.5. The van der Waals surface area contributed by atoms with Crippen molar-refractivity contribution in [3.8, 4) is 11.8 Å². The quantitative estimate of drug-likeness (QED) is 0.206. The van der Waals surface area contributed by atoms with Gasteiger partial charge in [-0.15, -0.1) is 0 Å². The number of carbonyl (C=O) groups excluding carboxylic acids is 2. The van der Waals surface area contributed by atoms with Crippen LogP contribution in [0, 0.1) is 21.4 Å². The van der Waals surface area contributed by atoms with Gasteiger partial charge in [-0.05, 0) is 30.7 Å². The summed E-state index contributed by atoms with van der Waals surface area (Å²) in [7, 11) is 1.31. The number of amides is 1. The molecule has 2 aromatic carbocycles. The third-order valence-corrected chi connectivity index (χ3v) is 4.03. The summed E-state index contributed by atoms with van der Waals surface area (Å²) in [6.07, 6.45) is 1.26. The number of nitrogens with one attached hydrogen (secondary N) is 2. The van der Waals surface area contributed by atoms with Gasteiger partial charge in [0.05, 0.1) is 36.0 Å². The van der Waals surface area contributed by atoms with Gasteiger partial charge in [0.2, 0.25) is 0 Å². The molecule has 10 nitrogen and oxygen atoms in total. The number of hydrogen-bond acceptors (Lipinski definition) is 8. The molecule has 0 radical (unpaired) electrons. The lowest BCUT2D eigenvalue weighted by atomic mass is 10.1. The van der Waals surface area contributed by atoms with E-state index in [1.807, 2.05) is 0 Å². The van der Waals surface area contributed by atoms with Gasteiger partial charge in [-0.25, -0.2) is 4.79 Å². The van der Waals surface area contributed by atoms with Crippen LogP contribution in [0.1, 0.15) is 22.8 Å². The molecule has 0 saturated carbocycles. The Bertz CT molecular complexity index is 1040. The molecule has 0 aromatic heterocycles. The second-order valence-corrected chi connectivity index (χ2v) is 6.06. The molecule has 0 aliphatic rings. The predicted molar refractivity (Wildman–Crippen MR) is 111 cm³/mol. The molecule has 0 bridgehead atoms. The number of hydrogen-bond donors (Lipinski definition) is 2. The molecule has 0 spiro atoms. The van der Waals surface area contributed by atoms with E-state index in [2.05, 4.69) is 10.6 Å². The first kappa shape index (κ1) is 22.9. The summed E-state index contributed by atoms with van der Waals surface area (Å²) < 4.78 is 9.98. The number of rotatable bonds is 9. The fraction of sp³-hybridized carbons (Fsp3) is 0.190. The Labute approximate surface area is 178 Å². The standard InChI is InChI=1S/C21H20N4O6/c1-3-31-21(27)15-6-4-14(5-7-15)12-23-13-16(11-22)20(26)24-18-9-8-17(25(28)29)10-19(18)30-2/h4-10,13,23H,3,12H2,1-2H3,(H,24,26)/b16-13-. The molecule has 0 heterocycles. The monoisotopic (exact) mass is 424 g/mol. The first-order valence-corrected chi connectivity index (χ1v) is 9.13. The minimum absolute atomic E-state index is 0.0921. The van der Waals surface area contributed by atoms with Crippen LogP contribution in [-0.4, -0.2) is 30.5 Å². The Morgan fingerprint density at radius 1 is 1.23 bits per heavy atom. The Morgan fingerprint density at radius 3 is 2.52 bits per heavy atom. The molecule has 2 aromatic rings. The van der Waals surface area contributed by atoms with Crippen LogP contribution in [-0.2, 0) is 16.1 Å². The van der Waals surface area contributed by atoms with Crippen molar-refractivity contribution in [1.29, 1.82) is 5.26 Å². The van der Waals surface area contributed by atoms with Crippen LogP contribution in [0.25, 0.3) is 0 Å². The molecule has 1 amide bonds. The second-order valence-electron chi connectivity index (χ2n) is 6.06. The molecule has 2 N–H and O–H groups in total. The first-order chi connectivity index (χ1) is 14.9. The van der Waals surface area contributed by atoms with Crippen LogP contribution < -0.4 is 15.4 Å². The van der Waals surface area contributed by atoms with Gasteiger partial charge >= 0.3 is 5.97 Å². The number of carbonyl (C=O) groups is 2. The van der Waals surface area contributed by atoms with E-state index in [-0.39, 0.29) is 29.3 Å². The molecular formula is C21H20N4O6. The number of nitro groups is 1. The summed E-state index contributed by atoms with van der Waals surface area (Å²) in [6, 6.07) is 12.2. The van der Waals surface area contributed by atoms with Gasteiger partial charge in [0.1, 0.15) is 17.4 Å². The number of esters is 1. The number of nitriles is 1. The molecule has 31 heavy (non-hydrogen) atoms. The second kappa shape index (κ2) is 11.0. The number of nitro benzene ring substituents is 1. The van der Waals surface area contributed by atoms with Crippen molar-refractivity contribution in [3.63, 3.8) is 0 Å². The number of ether oxygens (including phenoxy) is 2. The van der Waals surface area contributed by atoms with Crippen LogP contribution in [0.4, 0.5) is 11.4 Å². The molecule has 0 atom stereocenters. The molecule has 0 aliphatic heterocycles. The highest BCUT2D eigenvalue weighted by Gasteiger charge is 2.15. The average Bonchev–Trinajstić information content (AvgIpc) is 2.77. The lowest BCUT2D eigenvalue weighted by Crippen LogP contribution is -2.17. The lowest BCUT2D eigenvalue weighted by Gasteiger charge is -2.10. The average molecular weight is 424 g/mol. The van der Waals surface area contributed by atoms with Crippen molar-refractivity contribution < 1.29 is 24.0 Å². The third kappa shape index (κ3) is 6.30. The van der Waals surface area contributed by atoms with Crippen molar-refractivity contribution in [2.24, 2.45) is 0 Å². The summed E-state index contributed by atoms with van der Waals surface area (Å²) in [6.45, 7) is 2.32. The van der Waals surface area contributed by atoms with Crippen molar-refractivity contribution in [3.05, 3.63) is 75.5 Å². The fourth-order valence-electron chi connectivity index (χ4n) is 2.48. The van der Waals surface area contributed by atoms with Crippen molar-refractivity contribution in [1.82, 2.24) is 5.32 Å². The predicted octanol–water partition coefficient (Wildman–Crippen LogP) is 2.92. The van der Waals surface area contributed by atoms with E-state index < -0.39 is 16.8 Å². The molecular weight excluding hydrogens is 404 g/mol. The van der Waals surface area contributed by atoms with Crippen LogP contribution in [0.3, 0.4) is 0 Å². The smallest absolute Gasteiger partial charge is 0.338 e. The van der Waals surface area contributed by atoms with Crippen LogP contribution >= 0.6 is 0 Å². The number of anilines is 1. The number of non-ortho nitro benzene ring substituents is 1. The maximum atomic E-state index is 12.4. The highest BCUT2D eigenvalue weighted by atomic mass is 16.6. The SMILES string of the molecule is CCOC(=O)c1ccc(CN/C=C(/C#N)C(=O)Nc2ccc([N+](=O)[O-])cc2OC)cc1. The maximum Gasteiger partial charge on any atom is 0.338 e. The van der Waals surface area contributed by atoms with Gasteiger partial charge in [-0.1, -0.05) is 12.1 Å². The van der Waals surface area contributed by atoms with E-state index in [1.54, 1.807) is 37.3 Å². The summed E-state index contributed by atoms with van der Waals surface area (Å²) in [5.74, 6) is -1.03. The van der Waals surface area contributed by atoms with Gasteiger partial charge in [0.25, 0.3) is 11.6 Å². The van der Waals surface area contributed by atoms with E-state index >= 15 is 0 Å². The summed E-state index contributed by atoms with van der Waals surface area (Å²) in [4.78, 5) is 34.3. The highest BCUT2D eigenvalue weighted by Crippen LogP contribution is 2.29. The Kier molecular flexibility index (Phi) is 8.10. The van der Waals surface area contributed by atoms with E-state index in [1.165, 1.54) is 31.5 Å². The first-order valence-electron chi connectivity index (χ1n) is 9.13. The number of nitrogens with zero attached hydrogens (tertiary/aromatic N) is 2. The van der Waals surface area contributed by atoms with Crippen LogP contribution in [0.15, 0.2) is 54.2 Å². The third-order valence-electron chi connectivity index (χ3n) is 4.03. The van der Waals surface area contributed by atoms with Crippen LogP contribution in [0.2, 0.25) is 0 Å². The van der Waals surface area contributed by atoms with Gasteiger partial charge in [-0.2, -0.15) is 5.26 Å². The molecule has 160 valence electrons. The van der Waals surface area contributed by atoms with Crippen molar-refractivity contribution in [2.75, 3.05) is 19.0 Å². The zero-order valence-corrected chi connectivity index (χ0v) is 16.9. The molecule has 0 fully saturated rings.